The smallest absolute Gasteiger partial charge is 0.272 e. The lowest BCUT2D eigenvalue weighted by Crippen LogP contribution is -2.30. The van der Waals surface area contributed by atoms with Gasteiger partial charge in [0.15, 0.2) is 5.13 Å². The number of thioether (sulfide) groups is 1. The monoisotopic (exact) mass is 586 g/mol. The van der Waals surface area contributed by atoms with Crippen LogP contribution in [0.2, 0.25) is 0 Å². The molecule has 1 atom stereocenters. The van der Waals surface area contributed by atoms with Crippen molar-refractivity contribution < 1.29 is 19.1 Å². The van der Waals surface area contributed by atoms with E-state index in [1.165, 1.54) is 23.1 Å². The third-order valence-corrected chi connectivity index (χ3v) is 7.62. The molecule has 210 valence electrons. The summed E-state index contributed by atoms with van der Waals surface area (Å²) in [4.78, 5) is 44.0. The molecule has 1 heterocycles. The average Bonchev–Trinajstić information content (AvgIpc) is 3.38. The van der Waals surface area contributed by atoms with Crippen LogP contribution in [0.5, 0.6) is 5.75 Å². The van der Waals surface area contributed by atoms with Gasteiger partial charge in [0.25, 0.3) is 11.8 Å². The maximum absolute atomic E-state index is 13.4. The maximum Gasteiger partial charge on any atom is 0.272 e. The molecule has 0 aliphatic carbocycles. The number of rotatable bonds is 11. The highest BCUT2D eigenvalue weighted by Gasteiger charge is 2.18. The van der Waals surface area contributed by atoms with E-state index in [1.54, 1.807) is 60.7 Å². The van der Waals surface area contributed by atoms with Crippen LogP contribution in [0.15, 0.2) is 94.8 Å². The molecule has 0 aliphatic heterocycles. The summed E-state index contributed by atoms with van der Waals surface area (Å²) in [6.07, 6.45) is 1.61. The minimum absolute atomic E-state index is 0.0764. The minimum Gasteiger partial charge on any atom is -0.494 e. The number of carbonyl (C=O) groups excluding carboxylic acids is 3. The first-order valence-electron chi connectivity index (χ1n) is 12.9. The lowest BCUT2D eigenvalue weighted by atomic mass is 10.1. The zero-order valence-corrected chi connectivity index (χ0v) is 24.5. The van der Waals surface area contributed by atoms with E-state index in [9.17, 15) is 14.4 Å². The highest BCUT2D eigenvalue weighted by atomic mass is 32.2. The summed E-state index contributed by atoms with van der Waals surface area (Å²) in [5.74, 6) is -0.348. The molecule has 0 radical (unpaired) electrons. The molecular weight excluding hydrogens is 556 g/mol. The van der Waals surface area contributed by atoms with Crippen molar-refractivity contribution in [1.82, 2.24) is 10.3 Å². The molecule has 4 aromatic rings. The standard InChI is InChI=1S/C31H30N4O4S2/c1-4-39-25-15-13-22(14-16-25)17-27(34-29(37)23-9-6-5-7-10-23)30(38)33-24-11-8-12-26(18-24)41-21(3)28(36)35-31-32-20(2)19-40-31/h5-19,21H,4H2,1-3H3,(H,33,38)(H,34,37)(H,32,35,36)/b27-17+. The summed E-state index contributed by atoms with van der Waals surface area (Å²) < 4.78 is 5.50. The van der Waals surface area contributed by atoms with Crippen LogP contribution in [0, 0.1) is 6.92 Å². The van der Waals surface area contributed by atoms with Crippen LogP contribution >= 0.6 is 23.1 Å². The Labute approximate surface area is 247 Å². The molecule has 8 nitrogen and oxygen atoms in total. The Morgan fingerprint density at radius 1 is 1.00 bits per heavy atom. The molecule has 10 heteroatoms. The number of nitrogens with one attached hydrogen (secondary N) is 3. The van der Waals surface area contributed by atoms with Crippen LogP contribution in [0.4, 0.5) is 10.8 Å². The first kappa shape index (κ1) is 29.6. The second kappa shape index (κ2) is 14.3. The summed E-state index contributed by atoms with van der Waals surface area (Å²) in [6, 6.07) is 23.1. The second-order valence-electron chi connectivity index (χ2n) is 8.91. The van der Waals surface area contributed by atoms with Crippen LogP contribution in [0.1, 0.15) is 35.5 Å². The molecule has 3 aromatic carbocycles. The Kier molecular flexibility index (Phi) is 10.3. The third-order valence-electron chi connectivity index (χ3n) is 5.65. The van der Waals surface area contributed by atoms with Gasteiger partial charge in [-0.3, -0.25) is 14.4 Å². The fourth-order valence-electron chi connectivity index (χ4n) is 3.66. The molecule has 0 aliphatic rings. The Hall–Kier alpha value is -4.41. The van der Waals surface area contributed by atoms with E-state index in [1.807, 2.05) is 50.4 Å². The second-order valence-corrected chi connectivity index (χ2v) is 11.2. The van der Waals surface area contributed by atoms with Gasteiger partial charge in [-0.25, -0.2) is 4.98 Å². The van der Waals surface area contributed by atoms with Crippen molar-refractivity contribution >= 4 is 57.7 Å². The van der Waals surface area contributed by atoms with Gasteiger partial charge in [-0.1, -0.05) is 36.4 Å². The molecule has 0 saturated carbocycles. The molecule has 4 rings (SSSR count). The number of anilines is 2. The van der Waals surface area contributed by atoms with E-state index in [2.05, 4.69) is 20.9 Å². The lowest BCUT2D eigenvalue weighted by Gasteiger charge is -2.14. The van der Waals surface area contributed by atoms with Gasteiger partial charge in [0.05, 0.1) is 17.6 Å². The molecule has 0 bridgehead atoms. The van der Waals surface area contributed by atoms with Crippen LogP contribution in [0.25, 0.3) is 6.08 Å². The van der Waals surface area contributed by atoms with E-state index in [0.717, 1.165) is 10.6 Å². The zero-order valence-electron chi connectivity index (χ0n) is 22.8. The summed E-state index contributed by atoms with van der Waals surface area (Å²) in [5.41, 5.74) is 2.59. The molecule has 3 N–H and O–H groups in total. The number of carbonyl (C=O) groups is 3. The number of ether oxygens (including phenoxy) is 1. The third kappa shape index (κ3) is 8.79. The van der Waals surface area contributed by atoms with Crippen molar-refractivity contribution in [3.8, 4) is 5.75 Å². The lowest BCUT2D eigenvalue weighted by molar-refractivity contribution is -0.115. The van der Waals surface area contributed by atoms with E-state index in [0.29, 0.717) is 34.3 Å². The summed E-state index contributed by atoms with van der Waals surface area (Å²) in [7, 11) is 0. The Bertz CT molecular complexity index is 1540. The quantitative estimate of drug-likeness (QED) is 0.139. The van der Waals surface area contributed by atoms with Crippen molar-refractivity contribution in [3.05, 3.63) is 107 Å². The number of aromatic nitrogens is 1. The summed E-state index contributed by atoms with van der Waals surface area (Å²) in [5, 5.41) is 10.5. The fraction of sp³-hybridized carbons (Fsp3) is 0.161. The van der Waals surface area contributed by atoms with Gasteiger partial charge >= 0.3 is 0 Å². The van der Waals surface area contributed by atoms with Gasteiger partial charge in [0.1, 0.15) is 11.4 Å². The van der Waals surface area contributed by atoms with Gasteiger partial charge in [0, 0.05) is 21.5 Å². The summed E-state index contributed by atoms with van der Waals surface area (Å²) in [6.45, 7) is 6.13. The van der Waals surface area contributed by atoms with Crippen LogP contribution in [0.3, 0.4) is 0 Å². The normalized spacial score (nSPS) is 11.8. The van der Waals surface area contributed by atoms with Crippen molar-refractivity contribution in [2.45, 2.75) is 30.9 Å². The first-order valence-corrected chi connectivity index (χ1v) is 14.7. The van der Waals surface area contributed by atoms with E-state index < -0.39 is 17.1 Å². The molecule has 1 aromatic heterocycles. The predicted molar refractivity (Wildman–Crippen MR) is 165 cm³/mol. The first-order chi connectivity index (χ1) is 19.8. The number of amides is 3. The van der Waals surface area contributed by atoms with Crippen molar-refractivity contribution in [2.24, 2.45) is 0 Å². The Morgan fingerprint density at radius 3 is 2.44 bits per heavy atom. The minimum atomic E-state index is -0.491. The molecular formula is C31H30N4O4S2. The van der Waals surface area contributed by atoms with Crippen molar-refractivity contribution in [1.29, 1.82) is 0 Å². The van der Waals surface area contributed by atoms with E-state index in [4.69, 9.17) is 4.74 Å². The zero-order chi connectivity index (χ0) is 29.2. The van der Waals surface area contributed by atoms with Crippen LogP contribution < -0.4 is 20.7 Å². The SMILES string of the molecule is CCOc1ccc(/C=C(/NC(=O)c2ccccc2)C(=O)Nc2cccc(SC(C)C(=O)Nc3nc(C)cs3)c2)cc1. The average molecular weight is 587 g/mol. The van der Waals surface area contributed by atoms with Gasteiger partial charge < -0.3 is 20.7 Å². The van der Waals surface area contributed by atoms with E-state index >= 15 is 0 Å². The van der Waals surface area contributed by atoms with Crippen molar-refractivity contribution in [2.75, 3.05) is 17.2 Å². The van der Waals surface area contributed by atoms with Gasteiger partial charge in [-0.15, -0.1) is 23.1 Å². The molecule has 1 unspecified atom stereocenters. The highest BCUT2D eigenvalue weighted by molar-refractivity contribution is 8.00. The number of hydrogen-bond donors (Lipinski definition) is 3. The number of aryl methyl sites for hydroxylation is 1. The largest absolute Gasteiger partial charge is 0.494 e. The number of nitrogens with zero attached hydrogens (tertiary/aromatic N) is 1. The number of benzene rings is 3. The van der Waals surface area contributed by atoms with Crippen LogP contribution in [-0.4, -0.2) is 34.6 Å². The van der Waals surface area contributed by atoms with Gasteiger partial charge in [-0.05, 0) is 74.9 Å². The Balaban J connectivity index is 1.48. The molecule has 41 heavy (non-hydrogen) atoms. The van der Waals surface area contributed by atoms with E-state index in [-0.39, 0.29) is 11.6 Å². The molecule has 0 spiro atoms. The maximum atomic E-state index is 13.4. The van der Waals surface area contributed by atoms with Crippen molar-refractivity contribution in [3.63, 3.8) is 0 Å². The number of thiazole rings is 1. The van der Waals surface area contributed by atoms with Gasteiger partial charge in [0.2, 0.25) is 5.91 Å². The number of hydrogen-bond acceptors (Lipinski definition) is 7. The van der Waals surface area contributed by atoms with Crippen LogP contribution in [-0.2, 0) is 9.59 Å². The topological polar surface area (TPSA) is 109 Å². The molecule has 0 fully saturated rings. The molecule has 3 amide bonds. The fourth-order valence-corrected chi connectivity index (χ4v) is 5.28. The summed E-state index contributed by atoms with van der Waals surface area (Å²) >= 11 is 2.74. The highest BCUT2D eigenvalue weighted by Crippen LogP contribution is 2.27. The Morgan fingerprint density at radius 2 is 1.76 bits per heavy atom. The van der Waals surface area contributed by atoms with Gasteiger partial charge in [-0.2, -0.15) is 0 Å². The predicted octanol–water partition coefficient (Wildman–Crippen LogP) is 6.38. The molecule has 0 saturated heterocycles.